The van der Waals surface area contributed by atoms with Gasteiger partial charge < -0.3 is 15.5 Å². The molecular formula is C13H19Cl2N3O. The first kappa shape index (κ1) is 16.1. The van der Waals surface area contributed by atoms with Crippen LogP contribution in [0, 0.1) is 0 Å². The minimum atomic E-state index is -0.169. The zero-order chi connectivity index (χ0) is 14.6. The van der Waals surface area contributed by atoms with Crippen molar-refractivity contribution < 1.29 is 4.79 Å². The minimum absolute atomic E-state index is 0.169. The van der Waals surface area contributed by atoms with Gasteiger partial charge in [0.2, 0.25) is 0 Å². The third-order valence-electron chi connectivity index (χ3n) is 2.73. The molecule has 0 bridgehead atoms. The first-order valence-corrected chi connectivity index (χ1v) is 6.73. The summed E-state index contributed by atoms with van der Waals surface area (Å²) < 4.78 is 0. The largest absolute Gasteiger partial charge is 0.399 e. The van der Waals surface area contributed by atoms with Crippen LogP contribution in [-0.4, -0.2) is 49.9 Å². The highest BCUT2D eigenvalue weighted by Crippen LogP contribution is 2.29. The van der Waals surface area contributed by atoms with Gasteiger partial charge in [0.1, 0.15) is 0 Å². The zero-order valence-corrected chi connectivity index (χ0v) is 12.9. The summed E-state index contributed by atoms with van der Waals surface area (Å²) in [5, 5.41) is 0.548. The van der Waals surface area contributed by atoms with Gasteiger partial charge in [-0.15, -0.1) is 0 Å². The molecule has 0 spiro atoms. The molecule has 0 saturated carbocycles. The average molecular weight is 304 g/mol. The summed E-state index contributed by atoms with van der Waals surface area (Å²) in [6.07, 6.45) is 0.892. The number of nitrogens with two attached hydrogens (primary N) is 1. The number of carbonyl (C=O) groups excluding carboxylic acids is 1. The number of carbonyl (C=O) groups is 1. The fourth-order valence-electron chi connectivity index (χ4n) is 1.70. The van der Waals surface area contributed by atoms with Gasteiger partial charge in [-0.2, -0.15) is 0 Å². The van der Waals surface area contributed by atoms with Crippen molar-refractivity contribution in [3.8, 4) is 0 Å². The Balaban J connectivity index is 2.77. The van der Waals surface area contributed by atoms with Crippen molar-refractivity contribution in [2.75, 3.05) is 40.0 Å². The Morgan fingerprint density at radius 1 is 1.21 bits per heavy atom. The SMILES string of the molecule is CN(C)CCCN(C)C(=O)c1cc(N)cc(Cl)c1Cl. The Morgan fingerprint density at radius 2 is 1.84 bits per heavy atom. The molecule has 0 aliphatic carbocycles. The minimum Gasteiger partial charge on any atom is -0.399 e. The van der Waals surface area contributed by atoms with Crippen molar-refractivity contribution in [2.45, 2.75) is 6.42 Å². The molecule has 0 radical (unpaired) electrons. The van der Waals surface area contributed by atoms with Crippen LogP contribution in [-0.2, 0) is 0 Å². The molecule has 1 aromatic carbocycles. The smallest absolute Gasteiger partial charge is 0.255 e. The van der Waals surface area contributed by atoms with Crippen molar-refractivity contribution in [1.29, 1.82) is 0 Å². The predicted molar refractivity (Wildman–Crippen MR) is 81.0 cm³/mol. The second-order valence-electron chi connectivity index (χ2n) is 4.75. The number of anilines is 1. The highest BCUT2D eigenvalue weighted by Gasteiger charge is 2.17. The molecule has 1 aromatic rings. The van der Waals surface area contributed by atoms with Gasteiger partial charge >= 0.3 is 0 Å². The molecule has 19 heavy (non-hydrogen) atoms. The van der Waals surface area contributed by atoms with Crippen molar-refractivity contribution in [2.24, 2.45) is 0 Å². The van der Waals surface area contributed by atoms with Crippen molar-refractivity contribution in [3.05, 3.63) is 27.7 Å². The molecule has 0 aliphatic rings. The monoisotopic (exact) mass is 303 g/mol. The van der Waals surface area contributed by atoms with Gasteiger partial charge in [-0.25, -0.2) is 0 Å². The summed E-state index contributed by atoms with van der Waals surface area (Å²) in [6.45, 7) is 1.57. The average Bonchev–Trinajstić information content (AvgIpc) is 2.32. The molecule has 0 fully saturated rings. The maximum absolute atomic E-state index is 12.3. The zero-order valence-electron chi connectivity index (χ0n) is 11.4. The van der Waals surface area contributed by atoms with E-state index in [1.807, 2.05) is 14.1 Å². The molecular weight excluding hydrogens is 285 g/mol. The van der Waals surface area contributed by atoms with E-state index in [2.05, 4.69) is 4.90 Å². The van der Waals surface area contributed by atoms with Gasteiger partial charge in [0.05, 0.1) is 15.6 Å². The Bertz CT molecular complexity index is 463. The molecule has 6 heteroatoms. The van der Waals surface area contributed by atoms with Crippen molar-refractivity contribution in [3.63, 3.8) is 0 Å². The van der Waals surface area contributed by atoms with Crippen LogP contribution in [0.5, 0.6) is 0 Å². The number of nitrogen functional groups attached to an aromatic ring is 1. The van der Waals surface area contributed by atoms with Gasteiger partial charge in [0, 0.05) is 19.3 Å². The first-order chi connectivity index (χ1) is 8.82. The second-order valence-corrected chi connectivity index (χ2v) is 5.53. The fraction of sp³-hybridized carbons (Fsp3) is 0.462. The molecule has 0 aromatic heterocycles. The first-order valence-electron chi connectivity index (χ1n) is 5.97. The van der Waals surface area contributed by atoms with Gasteiger partial charge in [0.15, 0.2) is 0 Å². The lowest BCUT2D eigenvalue weighted by molar-refractivity contribution is 0.0791. The summed E-state index contributed by atoms with van der Waals surface area (Å²) in [6, 6.07) is 3.09. The Kier molecular flexibility index (Phi) is 5.91. The lowest BCUT2D eigenvalue weighted by Crippen LogP contribution is -2.30. The second kappa shape index (κ2) is 6.98. The molecule has 0 heterocycles. The number of benzene rings is 1. The number of rotatable bonds is 5. The Labute approximate surface area is 124 Å². The van der Waals surface area contributed by atoms with Crippen LogP contribution in [0.4, 0.5) is 5.69 Å². The molecule has 1 rings (SSSR count). The van der Waals surface area contributed by atoms with E-state index in [0.29, 0.717) is 22.8 Å². The fourth-order valence-corrected chi connectivity index (χ4v) is 2.11. The van der Waals surface area contributed by atoms with Gasteiger partial charge in [-0.3, -0.25) is 4.79 Å². The molecule has 106 valence electrons. The summed E-state index contributed by atoms with van der Waals surface area (Å²) in [5.41, 5.74) is 6.46. The Hall–Kier alpha value is -0.970. The Morgan fingerprint density at radius 3 is 2.42 bits per heavy atom. The number of hydrogen-bond donors (Lipinski definition) is 1. The van der Waals surface area contributed by atoms with E-state index >= 15 is 0 Å². The lowest BCUT2D eigenvalue weighted by Gasteiger charge is -2.19. The lowest BCUT2D eigenvalue weighted by atomic mass is 10.1. The number of halogens is 2. The van der Waals surface area contributed by atoms with Gasteiger partial charge in [-0.05, 0) is 39.2 Å². The van der Waals surface area contributed by atoms with E-state index in [0.717, 1.165) is 13.0 Å². The van der Waals surface area contributed by atoms with Crippen LogP contribution >= 0.6 is 23.2 Å². The summed E-state index contributed by atoms with van der Waals surface area (Å²) in [7, 11) is 5.73. The molecule has 0 aliphatic heterocycles. The van der Waals surface area contributed by atoms with E-state index in [9.17, 15) is 4.79 Å². The topological polar surface area (TPSA) is 49.6 Å². The quantitative estimate of drug-likeness (QED) is 0.851. The molecule has 4 nitrogen and oxygen atoms in total. The maximum atomic E-state index is 12.3. The van der Waals surface area contributed by atoms with Crippen molar-refractivity contribution >= 4 is 34.8 Å². The molecule has 0 unspecified atom stereocenters. The standard InChI is InChI=1S/C13H19Cl2N3O/c1-17(2)5-4-6-18(3)13(19)10-7-9(16)8-11(14)12(10)15/h7-8H,4-6,16H2,1-3H3. The highest BCUT2D eigenvalue weighted by atomic mass is 35.5. The number of hydrogen-bond acceptors (Lipinski definition) is 3. The van der Waals surface area contributed by atoms with Crippen LogP contribution in [0.15, 0.2) is 12.1 Å². The highest BCUT2D eigenvalue weighted by molar-refractivity contribution is 6.44. The molecule has 2 N–H and O–H groups in total. The van der Waals surface area contributed by atoms with Crippen LogP contribution in [0.25, 0.3) is 0 Å². The third kappa shape index (κ3) is 4.56. The molecule has 1 amide bonds. The molecule has 0 saturated heterocycles. The van der Waals surface area contributed by atoms with Gasteiger partial charge in [-0.1, -0.05) is 23.2 Å². The van der Waals surface area contributed by atoms with Crippen LogP contribution < -0.4 is 5.73 Å². The van der Waals surface area contributed by atoms with Crippen LogP contribution in [0.3, 0.4) is 0 Å². The van der Waals surface area contributed by atoms with E-state index < -0.39 is 0 Å². The van der Waals surface area contributed by atoms with E-state index in [-0.39, 0.29) is 10.9 Å². The van der Waals surface area contributed by atoms with Crippen LogP contribution in [0.2, 0.25) is 10.0 Å². The van der Waals surface area contributed by atoms with Crippen LogP contribution in [0.1, 0.15) is 16.8 Å². The van der Waals surface area contributed by atoms with E-state index in [1.54, 1.807) is 18.0 Å². The number of amides is 1. The third-order valence-corrected chi connectivity index (χ3v) is 3.53. The normalized spacial score (nSPS) is 10.8. The summed E-state index contributed by atoms with van der Waals surface area (Å²) in [5.74, 6) is -0.169. The number of nitrogens with zero attached hydrogens (tertiary/aromatic N) is 2. The predicted octanol–water partition coefficient (Wildman–Crippen LogP) is 2.60. The van der Waals surface area contributed by atoms with E-state index in [1.165, 1.54) is 6.07 Å². The van der Waals surface area contributed by atoms with E-state index in [4.69, 9.17) is 28.9 Å². The van der Waals surface area contributed by atoms with Crippen molar-refractivity contribution in [1.82, 2.24) is 9.80 Å². The maximum Gasteiger partial charge on any atom is 0.255 e. The summed E-state index contributed by atoms with van der Waals surface area (Å²) >= 11 is 12.0. The molecule has 0 atom stereocenters. The van der Waals surface area contributed by atoms with Gasteiger partial charge in [0.25, 0.3) is 5.91 Å². The summed E-state index contributed by atoms with van der Waals surface area (Å²) in [4.78, 5) is 16.0.